The Balaban J connectivity index is 2.27. The summed E-state index contributed by atoms with van der Waals surface area (Å²) in [5, 5.41) is 3.68. The number of benzene rings is 1. The predicted octanol–water partition coefficient (Wildman–Crippen LogP) is 4.00. The van der Waals surface area contributed by atoms with Crippen molar-refractivity contribution in [2.24, 2.45) is 5.92 Å². The van der Waals surface area contributed by atoms with E-state index in [4.69, 9.17) is 11.6 Å². The van der Waals surface area contributed by atoms with Gasteiger partial charge in [-0.2, -0.15) is 0 Å². The van der Waals surface area contributed by atoms with Crippen LogP contribution in [0.4, 0.5) is 4.39 Å². The Morgan fingerprint density at radius 2 is 2.12 bits per heavy atom. The van der Waals surface area contributed by atoms with Crippen molar-refractivity contribution in [1.29, 1.82) is 0 Å². The molecule has 1 nitrogen and oxygen atoms in total. The third kappa shape index (κ3) is 4.95. The van der Waals surface area contributed by atoms with Crippen LogP contribution in [0.2, 0.25) is 5.02 Å². The second-order valence-electron chi connectivity index (χ2n) is 4.45. The lowest BCUT2D eigenvalue weighted by Gasteiger charge is -2.07. The number of hydrogen-bond acceptors (Lipinski definition) is 1. The molecule has 0 fully saturated rings. The van der Waals surface area contributed by atoms with Gasteiger partial charge in [0.25, 0.3) is 0 Å². The zero-order valence-corrected chi connectivity index (χ0v) is 10.6. The predicted molar refractivity (Wildman–Crippen MR) is 67.2 cm³/mol. The van der Waals surface area contributed by atoms with Gasteiger partial charge in [-0.15, -0.1) is 0 Å². The Bertz CT molecular complexity index is 326. The molecule has 0 saturated carbocycles. The molecule has 0 saturated heterocycles. The highest BCUT2D eigenvalue weighted by Crippen LogP contribution is 2.14. The van der Waals surface area contributed by atoms with E-state index in [2.05, 4.69) is 19.2 Å². The average molecular weight is 244 g/mol. The third-order valence-electron chi connectivity index (χ3n) is 2.47. The smallest absolute Gasteiger partial charge is 0.129 e. The van der Waals surface area contributed by atoms with E-state index in [1.165, 1.54) is 12.5 Å². The van der Waals surface area contributed by atoms with Crippen LogP contribution in [0.1, 0.15) is 32.3 Å². The van der Waals surface area contributed by atoms with Crippen molar-refractivity contribution in [3.8, 4) is 0 Å². The van der Waals surface area contributed by atoms with Gasteiger partial charge in [0.15, 0.2) is 0 Å². The number of nitrogens with one attached hydrogen (secondary N) is 1. The fraction of sp³-hybridized carbons (Fsp3) is 0.538. The van der Waals surface area contributed by atoms with Gasteiger partial charge in [0.05, 0.1) is 0 Å². The zero-order chi connectivity index (χ0) is 12.0. The molecule has 0 spiro atoms. The van der Waals surface area contributed by atoms with Gasteiger partial charge in [-0.1, -0.05) is 31.5 Å². The summed E-state index contributed by atoms with van der Waals surface area (Å²) >= 11 is 5.68. The standard InChI is InChI=1S/C13H19ClFN/c1-10(2)4-3-7-16-9-11-5-6-12(14)8-13(11)15/h5-6,8,10,16H,3-4,7,9H2,1-2H3. The Kier molecular flexibility index (Phi) is 5.78. The lowest BCUT2D eigenvalue weighted by Crippen LogP contribution is -2.16. The van der Waals surface area contributed by atoms with E-state index in [-0.39, 0.29) is 5.82 Å². The molecule has 0 aliphatic carbocycles. The average Bonchev–Trinajstić information content (AvgIpc) is 2.20. The highest BCUT2D eigenvalue weighted by atomic mass is 35.5. The summed E-state index contributed by atoms with van der Waals surface area (Å²) in [6.45, 7) is 5.92. The van der Waals surface area contributed by atoms with Gasteiger partial charge in [-0.3, -0.25) is 0 Å². The summed E-state index contributed by atoms with van der Waals surface area (Å²) in [7, 11) is 0. The van der Waals surface area contributed by atoms with Gasteiger partial charge in [0, 0.05) is 17.1 Å². The van der Waals surface area contributed by atoms with Gasteiger partial charge in [0.1, 0.15) is 5.82 Å². The highest BCUT2D eigenvalue weighted by Gasteiger charge is 2.02. The maximum atomic E-state index is 13.4. The van der Waals surface area contributed by atoms with Gasteiger partial charge in [-0.05, 0) is 37.4 Å². The molecular formula is C13H19ClFN. The lowest BCUT2D eigenvalue weighted by molar-refractivity contribution is 0.521. The molecule has 1 aromatic carbocycles. The molecule has 1 aromatic rings. The van der Waals surface area contributed by atoms with Crippen LogP contribution in [0.5, 0.6) is 0 Å². The SMILES string of the molecule is CC(C)CCCNCc1ccc(Cl)cc1F. The third-order valence-corrected chi connectivity index (χ3v) is 2.70. The van der Waals surface area contributed by atoms with Crippen LogP contribution in [0.3, 0.4) is 0 Å². The first-order chi connectivity index (χ1) is 7.59. The van der Waals surface area contributed by atoms with Gasteiger partial charge >= 0.3 is 0 Å². The molecule has 0 unspecified atom stereocenters. The highest BCUT2D eigenvalue weighted by molar-refractivity contribution is 6.30. The summed E-state index contributed by atoms with van der Waals surface area (Å²) in [6, 6.07) is 4.80. The molecule has 0 atom stereocenters. The maximum absolute atomic E-state index is 13.4. The normalized spacial score (nSPS) is 11.1. The van der Waals surface area contributed by atoms with Crippen LogP contribution >= 0.6 is 11.6 Å². The van der Waals surface area contributed by atoms with Crippen molar-refractivity contribution in [1.82, 2.24) is 5.32 Å². The first-order valence-corrected chi connectivity index (χ1v) is 6.12. The summed E-state index contributed by atoms with van der Waals surface area (Å²) in [5.74, 6) is 0.498. The van der Waals surface area contributed by atoms with E-state index in [1.54, 1.807) is 12.1 Å². The number of rotatable bonds is 6. The van der Waals surface area contributed by atoms with Gasteiger partial charge < -0.3 is 5.32 Å². The van der Waals surface area contributed by atoms with Gasteiger partial charge in [-0.25, -0.2) is 4.39 Å². The van der Waals surface area contributed by atoms with Crippen molar-refractivity contribution < 1.29 is 4.39 Å². The van der Waals surface area contributed by atoms with E-state index in [9.17, 15) is 4.39 Å². The number of halogens is 2. The van der Waals surface area contributed by atoms with E-state index in [0.29, 0.717) is 17.1 Å². The Morgan fingerprint density at radius 1 is 1.38 bits per heavy atom. The minimum absolute atomic E-state index is 0.233. The van der Waals surface area contributed by atoms with Crippen molar-refractivity contribution in [3.63, 3.8) is 0 Å². The Hall–Kier alpha value is -0.600. The molecule has 16 heavy (non-hydrogen) atoms. The fourth-order valence-electron chi connectivity index (χ4n) is 1.52. The quantitative estimate of drug-likeness (QED) is 0.745. The molecule has 0 aliphatic rings. The Labute approximate surface area is 102 Å². The second-order valence-corrected chi connectivity index (χ2v) is 4.89. The van der Waals surface area contributed by atoms with Crippen LogP contribution in [0.25, 0.3) is 0 Å². The minimum Gasteiger partial charge on any atom is -0.313 e. The summed E-state index contributed by atoms with van der Waals surface area (Å²) in [6.07, 6.45) is 2.34. The van der Waals surface area contributed by atoms with Crippen LogP contribution in [0.15, 0.2) is 18.2 Å². The molecule has 0 amide bonds. The second kappa shape index (κ2) is 6.87. The fourth-order valence-corrected chi connectivity index (χ4v) is 1.68. The topological polar surface area (TPSA) is 12.0 Å². The molecule has 0 radical (unpaired) electrons. The molecular weight excluding hydrogens is 225 g/mol. The molecule has 0 heterocycles. The molecule has 3 heteroatoms. The Morgan fingerprint density at radius 3 is 2.75 bits per heavy atom. The molecule has 1 rings (SSSR count). The summed E-state index contributed by atoms with van der Waals surface area (Å²) < 4.78 is 13.4. The van der Waals surface area contributed by atoms with Crippen molar-refractivity contribution in [3.05, 3.63) is 34.6 Å². The van der Waals surface area contributed by atoms with Crippen LogP contribution in [-0.2, 0) is 6.54 Å². The molecule has 0 aromatic heterocycles. The molecule has 1 N–H and O–H groups in total. The van der Waals surface area contributed by atoms with E-state index >= 15 is 0 Å². The number of hydrogen-bond donors (Lipinski definition) is 1. The van der Waals surface area contributed by atoms with Crippen molar-refractivity contribution in [2.75, 3.05) is 6.54 Å². The van der Waals surface area contributed by atoms with E-state index < -0.39 is 0 Å². The lowest BCUT2D eigenvalue weighted by atomic mass is 10.1. The minimum atomic E-state index is -0.233. The maximum Gasteiger partial charge on any atom is 0.129 e. The first-order valence-electron chi connectivity index (χ1n) is 5.74. The molecule has 0 aliphatic heterocycles. The van der Waals surface area contributed by atoms with Crippen LogP contribution in [0, 0.1) is 11.7 Å². The van der Waals surface area contributed by atoms with E-state index in [0.717, 1.165) is 18.9 Å². The largest absolute Gasteiger partial charge is 0.313 e. The summed E-state index contributed by atoms with van der Waals surface area (Å²) in [4.78, 5) is 0. The van der Waals surface area contributed by atoms with Crippen molar-refractivity contribution >= 4 is 11.6 Å². The van der Waals surface area contributed by atoms with E-state index in [1.807, 2.05) is 0 Å². The van der Waals surface area contributed by atoms with Gasteiger partial charge in [0.2, 0.25) is 0 Å². The van der Waals surface area contributed by atoms with Crippen molar-refractivity contribution in [2.45, 2.75) is 33.2 Å². The molecule has 90 valence electrons. The zero-order valence-electron chi connectivity index (χ0n) is 9.89. The van der Waals surface area contributed by atoms with Crippen LogP contribution < -0.4 is 5.32 Å². The van der Waals surface area contributed by atoms with Crippen LogP contribution in [-0.4, -0.2) is 6.54 Å². The monoisotopic (exact) mass is 243 g/mol. The first kappa shape index (κ1) is 13.5. The summed E-state index contributed by atoms with van der Waals surface area (Å²) in [5.41, 5.74) is 0.675. The molecule has 0 bridgehead atoms.